The van der Waals surface area contributed by atoms with E-state index in [0.717, 1.165) is 30.6 Å². The Bertz CT molecular complexity index is 225. The van der Waals surface area contributed by atoms with Crippen LogP contribution in [-0.4, -0.2) is 11.1 Å². The Balaban J connectivity index is 1.64. The number of carboxylic acid groups (broad SMARTS) is 1. The Labute approximate surface area is 92.1 Å². The molecule has 15 heavy (non-hydrogen) atoms. The molecule has 0 aromatic heterocycles. The quantitative estimate of drug-likeness (QED) is 0.706. The van der Waals surface area contributed by atoms with Gasteiger partial charge in [0.25, 0.3) is 0 Å². The van der Waals surface area contributed by atoms with E-state index in [1.54, 1.807) is 0 Å². The van der Waals surface area contributed by atoms with Crippen LogP contribution in [0.3, 0.4) is 0 Å². The van der Waals surface area contributed by atoms with Crippen molar-refractivity contribution in [1.82, 2.24) is 0 Å². The molecule has 0 spiro atoms. The SMILES string of the molecule is O=C(O)CCCCC1CCC2CCC1C2. The van der Waals surface area contributed by atoms with E-state index >= 15 is 0 Å². The van der Waals surface area contributed by atoms with Gasteiger partial charge in [0, 0.05) is 6.42 Å². The fraction of sp³-hybridized carbons (Fsp3) is 0.923. The second-order valence-corrected chi connectivity index (χ2v) is 5.42. The Morgan fingerprint density at radius 3 is 2.73 bits per heavy atom. The standard InChI is InChI=1S/C13H22O2/c14-13(15)4-2-1-3-11-7-5-10-6-8-12(11)9-10/h10-12H,1-9H2,(H,14,15). The van der Waals surface area contributed by atoms with Crippen LogP contribution in [-0.2, 0) is 4.79 Å². The van der Waals surface area contributed by atoms with Gasteiger partial charge in [0.2, 0.25) is 0 Å². The second-order valence-electron chi connectivity index (χ2n) is 5.42. The molecule has 2 aliphatic carbocycles. The molecule has 2 aliphatic rings. The zero-order valence-corrected chi connectivity index (χ0v) is 9.45. The zero-order valence-electron chi connectivity index (χ0n) is 9.45. The molecule has 86 valence electrons. The lowest BCUT2D eigenvalue weighted by Gasteiger charge is -2.28. The van der Waals surface area contributed by atoms with E-state index in [2.05, 4.69) is 0 Å². The Morgan fingerprint density at radius 1 is 1.13 bits per heavy atom. The highest BCUT2D eigenvalue weighted by Crippen LogP contribution is 2.46. The van der Waals surface area contributed by atoms with Crippen molar-refractivity contribution in [2.24, 2.45) is 17.8 Å². The summed E-state index contributed by atoms with van der Waals surface area (Å²) in [7, 11) is 0. The van der Waals surface area contributed by atoms with Gasteiger partial charge in [0.1, 0.15) is 0 Å². The molecule has 0 heterocycles. The molecule has 2 bridgehead atoms. The van der Waals surface area contributed by atoms with Gasteiger partial charge in [-0.2, -0.15) is 0 Å². The molecule has 0 aliphatic heterocycles. The van der Waals surface area contributed by atoms with Crippen molar-refractivity contribution in [1.29, 1.82) is 0 Å². The lowest BCUT2D eigenvalue weighted by molar-refractivity contribution is -0.137. The van der Waals surface area contributed by atoms with Crippen molar-refractivity contribution < 1.29 is 9.90 Å². The summed E-state index contributed by atoms with van der Waals surface area (Å²) in [4.78, 5) is 10.4. The van der Waals surface area contributed by atoms with Crippen molar-refractivity contribution in [3.8, 4) is 0 Å². The number of unbranched alkanes of at least 4 members (excludes halogenated alkanes) is 1. The number of aliphatic carboxylic acids is 1. The molecule has 2 rings (SSSR count). The van der Waals surface area contributed by atoms with Crippen LogP contribution in [0.4, 0.5) is 0 Å². The van der Waals surface area contributed by atoms with Gasteiger partial charge in [-0.25, -0.2) is 0 Å². The molecule has 2 heteroatoms. The molecule has 3 atom stereocenters. The van der Waals surface area contributed by atoms with Crippen LogP contribution in [0.1, 0.15) is 57.8 Å². The van der Waals surface area contributed by atoms with E-state index in [1.807, 2.05) is 0 Å². The van der Waals surface area contributed by atoms with Gasteiger partial charge in [-0.1, -0.05) is 25.7 Å². The van der Waals surface area contributed by atoms with Gasteiger partial charge >= 0.3 is 5.97 Å². The summed E-state index contributed by atoms with van der Waals surface area (Å²) in [5, 5.41) is 8.56. The number of hydrogen-bond acceptors (Lipinski definition) is 1. The van der Waals surface area contributed by atoms with Crippen molar-refractivity contribution in [2.75, 3.05) is 0 Å². The highest BCUT2D eigenvalue weighted by Gasteiger charge is 2.34. The first-order valence-corrected chi connectivity index (χ1v) is 6.47. The molecular formula is C13H22O2. The molecule has 1 N–H and O–H groups in total. The maximum atomic E-state index is 10.4. The summed E-state index contributed by atoms with van der Waals surface area (Å²) in [5.41, 5.74) is 0. The van der Waals surface area contributed by atoms with Crippen LogP contribution < -0.4 is 0 Å². The molecule has 2 saturated carbocycles. The molecule has 2 fully saturated rings. The topological polar surface area (TPSA) is 37.3 Å². The fourth-order valence-electron chi connectivity index (χ4n) is 3.55. The first-order chi connectivity index (χ1) is 7.25. The summed E-state index contributed by atoms with van der Waals surface area (Å²) < 4.78 is 0. The van der Waals surface area contributed by atoms with Crippen molar-refractivity contribution >= 4 is 5.97 Å². The van der Waals surface area contributed by atoms with E-state index in [9.17, 15) is 4.79 Å². The van der Waals surface area contributed by atoms with Gasteiger partial charge in [-0.3, -0.25) is 4.79 Å². The van der Waals surface area contributed by atoms with E-state index in [-0.39, 0.29) is 0 Å². The first-order valence-electron chi connectivity index (χ1n) is 6.47. The van der Waals surface area contributed by atoms with Crippen LogP contribution in [0.15, 0.2) is 0 Å². The number of fused-ring (bicyclic) bond motifs is 2. The lowest BCUT2D eigenvalue weighted by Crippen LogP contribution is -2.17. The van der Waals surface area contributed by atoms with Gasteiger partial charge in [-0.05, 0) is 43.4 Å². The van der Waals surface area contributed by atoms with Gasteiger partial charge < -0.3 is 5.11 Å². The summed E-state index contributed by atoms with van der Waals surface area (Å²) in [5.74, 6) is 2.33. The normalized spacial score (nSPS) is 34.3. The van der Waals surface area contributed by atoms with Gasteiger partial charge in [0.05, 0.1) is 0 Å². The second kappa shape index (κ2) is 5.00. The average molecular weight is 210 g/mol. The largest absolute Gasteiger partial charge is 0.481 e. The summed E-state index contributed by atoms with van der Waals surface area (Å²) in [6.45, 7) is 0. The average Bonchev–Trinajstić information content (AvgIpc) is 2.58. The Hall–Kier alpha value is -0.530. The summed E-state index contributed by atoms with van der Waals surface area (Å²) in [6.07, 6.45) is 10.9. The maximum absolute atomic E-state index is 10.4. The predicted octanol–water partition coefficient (Wildman–Crippen LogP) is 3.46. The highest BCUT2D eigenvalue weighted by molar-refractivity contribution is 5.66. The molecule has 0 aromatic rings. The third kappa shape index (κ3) is 2.96. The van der Waals surface area contributed by atoms with Gasteiger partial charge in [-0.15, -0.1) is 0 Å². The third-order valence-corrected chi connectivity index (χ3v) is 4.41. The monoisotopic (exact) mass is 210 g/mol. The Morgan fingerprint density at radius 2 is 1.93 bits per heavy atom. The molecule has 0 radical (unpaired) electrons. The fourth-order valence-corrected chi connectivity index (χ4v) is 3.55. The van der Waals surface area contributed by atoms with Crippen molar-refractivity contribution in [2.45, 2.75) is 57.8 Å². The van der Waals surface area contributed by atoms with Crippen LogP contribution in [0, 0.1) is 17.8 Å². The highest BCUT2D eigenvalue weighted by atomic mass is 16.4. The molecule has 2 nitrogen and oxygen atoms in total. The Kier molecular flexibility index (Phi) is 3.66. The van der Waals surface area contributed by atoms with Crippen LogP contribution in [0.2, 0.25) is 0 Å². The minimum Gasteiger partial charge on any atom is -0.481 e. The first kappa shape index (κ1) is 11.0. The molecule has 0 aromatic carbocycles. The number of carboxylic acids is 1. The van der Waals surface area contributed by atoms with E-state index in [0.29, 0.717) is 6.42 Å². The molecular weight excluding hydrogens is 188 g/mol. The summed E-state index contributed by atoms with van der Waals surface area (Å²) in [6, 6.07) is 0. The minimum atomic E-state index is -0.639. The number of rotatable bonds is 5. The van der Waals surface area contributed by atoms with Crippen LogP contribution in [0.5, 0.6) is 0 Å². The van der Waals surface area contributed by atoms with E-state index < -0.39 is 5.97 Å². The maximum Gasteiger partial charge on any atom is 0.303 e. The molecule has 0 saturated heterocycles. The van der Waals surface area contributed by atoms with Crippen molar-refractivity contribution in [3.05, 3.63) is 0 Å². The third-order valence-electron chi connectivity index (χ3n) is 4.41. The lowest BCUT2D eigenvalue weighted by atomic mass is 9.77. The van der Waals surface area contributed by atoms with Crippen molar-refractivity contribution in [3.63, 3.8) is 0 Å². The zero-order chi connectivity index (χ0) is 10.7. The van der Waals surface area contributed by atoms with Crippen LogP contribution >= 0.6 is 0 Å². The van der Waals surface area contributed by atoms with E-state index in [4.69, 9.17) is 5.11 Å². The predicted molar refractivity (Wildman–Crippen MR) is 59.7 cm³/mol. The molecule has 0 amide bonds. The van der Waals surface area contributed by atoms with E-state index in [1.165, 1.54) is 38.5 Å². The summed E-state index contributed by atoms with van der Waals surface area (Å²) >= 11 is 0. The molecule has 3 unspecified atom stereocenters. The minimum absolute atomic E-state index is 0.361. The smallest absolute Gasteiger partial charge is 0.303 e. The van der Waals surface area contributed by atoms with Crippen LogP contribution in [0.25, 0.3) is 0 Å². The van der Waals surface area contributed by atoms with Gasteiger partial charge in [0.15, 0.2) is 0 Å². The number of carbonyl (C=O) groups is 1. The number of hydrogen-bond donors (Lipinski definition) is 1.